The number of rotatable bonds is 2. The Kier molecular flexibility index (Phi) is 3.63. The van der Waals surface area contributed by atoms with E-state index >= 15 is 0 Å². The van der Waals surface area contributed by atoms with E-state index in [4.69, 9.17) is 16.3 Å². The van der Waals surface area contributed by atoms with Crippen molar-refractivity contribution in [3.05, 3.63) is 34.9 Å². The van der Waals surface area contributed by atoms with Crippen molar-refractivity contribution in [2.75, 3.05) is 7.11 Å². The number of benzene rings is 1. The van der Waals surface area contributed by atoms with Crippen LogP contribution in [0.1, 0.15) is 5.56 Å². The fourth-order valence-electron chi connectivity index (χ4n) is 1.00. The number of alkyl halides is 3. The van der Waals surface area contributed by atoms with Crippen LogP contribution in [-0.4, -0.2) is 13.3 Å². The smallest absolute Gasteiger partial charge is 0.426 e. The van der Waals surface area contributed by atoms with E-state index in [0.29, 0.717) is 11.3 Å². The van der Waals surface area contributed by atoms with E-state index in [1.54, 1.807) is 18.2 Å². The van der Waals surface area contributed by atoms with Gasteiger partial charge >= 0.3 is 6.18 Å². The van der Waals surface area contributed by atoms with E-state index < -0.39 is 11.2 Å². The van der Waals surface area contributed by atoms with Crippen LogP contribution in [0.5, 0.6) is 5.75 Å². The summed E-state index contributed by atoms with van der Waals surface area (Å²) >= 11 is 5.10. The molecule has 0 aliphatic heterocycles. The van der Waals surface area contributed by atoms with Gasteiger partial charge in [-0.25, -0.2) is 0 Å². The molecule has 15 heavy (non-hydrogen) atoms. The Morgan fingerprint density at radius 1 is 1.33 bits per heavy atom. The molecule has 0 amide bonds. The number of para-hydroxylation sites is 1. The number of halogens is 4. The third-order valence-electron chi connectivity index (χ3n) is 1.69. The molecule has 0 unspecified atom stereocenters. The van der Waals surface area contributed by atoms with Gasteiger partial charge in [-0.2, -0.15) is 13.2 Å². The van der Waals surface area contributed by atoms with Gasteiger partial charge in [0.1, 0.15) is 10.8 Å². The Hall–Kier alpha value is -1.16. The van der Waals surface area contributed by atoms with Crippen molar-refractivity contribution < 1.29 is 17.9 Å². The zero-order valence-electron chi connectivity index (χ0n) is 7.81. The zero-order valence-corrected chi connectivity index (χ0v) is 8.56. The van der Waals surface area contributed by atoms with Gasteiger partial charge in [0.15, 0.2) is 0 Å². The molecule has 0 atom stereocenters. The predicted molar refractivity (Wildman–Crippen MR) is 52.9 cm³/mol. The molecule has 0 N–H and O–H groups in total. The largest absolute Gasteiger partial charge is 0.496 e. The van der Waals surface area contributed by atoms with Gasteiger partial charge in [0.05, 0.1) is 7.11 Å². The van der Waals surface area contributed by atoms with Crippen LogP contribution in [0.15, 0.2) is 29.3 Å². The number of methoxy groups -OCH3 is 1. The first-order valence-electron chi connectivity index (χ1n) is 4.02. The van der Waals surface area contributed by atoms with E-state index in [2.05, 4.69) is 0 Å². The first-order valence-corrected chi connectivity index (χ1v) is 4.40. The van der Waals surface area contributed by atoms with Gasteiger partial charge in [-0.3, -0.25) is 0 Å². The topological polar surface area (TPSA) is 9.23 Å². The van der Waals surface area contributed by atoms with E-state index in [0.717, 1.165) is 6.08 Å². The minimum atomic E-state index is -4.53. The molecule has 0 aromatic heterocycles. The molecule has 0 bridgehead atoms. The highest BCUT2D eigenvalue weighted by atomic mass is 35.5. The summed E-state index contributed by atoms with van der Waals surface area (Å²) in [5.41, 5.74) is 0.294. The predicted octanol–water partition coefficient (Wildman–Crippen LogP) is 3.84. The first-order chi connectivity index (χ1) is 6.95. The van der Waals surface area contributed by atoms with Gasteiger partial charge in [-0.1, -0.05) is 29.8 Å². The number of allylic oxidation sites excluding steroid dienone is 1. The fraction of sp³-hybridized carbons (Fsp3) is 0.200. The first kappa shape index (κ1) is 11.9. The van der Waals surface area contributed by atoms with E-state index in [-0.39, 0.29) is 0 Å². The lowest BCUT2D eigenvalue weighted by Crippen LogP contribution is -2.06. The van der Waals surface area contributed by atoms with Crippen molar-refractivity contribution in [3.8, 4) is 5.75 Å². The molecular weight excluding hydrogens is 229 g/mol. The maximum atomic E-state index is 12.1. The van der Waals surface area contributed by atoms with Crippen LogP contribution in [0.25, 0.3) is 6.08 Å². The molecular formula is C10H8ClF3O. The van der Waals surface area contributed by atoms with Gasteiger partial charge in [-0.15, -0.1) is 0 Å². The minimum absolute atomic E-state index is 0.294. The highest BCUT2D eigenvalue weighted by Crippen LogP contribution is 2.32. The summed E-state index contributed by atoms with van der Waals surface area (Å²) in [6.45, 7) is 0. The standard InChI is InChI=1S/C10H8ClF3O/c1-15-8-5-3-2-4-7(8)6-9(11)10(12,13)14/h2-6H,1H3/b9-6-. The third-order valence-corrected chi connectivity index (χ3v) is 2.02. The van der Waals surface area contributed by atoms with Crippen LogP contribution >= 0.6 is 11.6 Å². The molecule has 5 heteroatoms. The number of hydrogen-bond donors (Lipinski definition) is 0. The monoisotopic (exact) mass is 236 g/mol. The Morgan fingerprint density at radius 3 is 2.47 bits per heavy atom. The lowest BCUT2D eigenvalue weighted by molar-refractivity contribution is -0.0836. The maximum Gasteiger partial charge on any atom is 0.426 e. The van der Waals surface area contributed by atoms with Crippen molar-refractivity contribution in [2.24, 2.45) is 0 Å². The molecule has 0 radical (unpaired) electrons. The summed E-state index contributed by atoms with van der Waals surface area (Å²) < 4.78 is 41.3. The normalized spacial score (nSPS) is 12.7. The molecule has 1 nitrogen and oxygen atoms in total. The Bertz CT molecular complexity index is 371. The van der Waals surface area contributed by atoms with Gasteiger partial charge in [0, 0.05) is 5.56 Å². The molecule has 0 heterocycles. The van der Waals surface area contributed by atoms with Crippen molar-refractivity contribution in [1.82, 2.24) is 0 Å². The highest BCUT2D eigenvalue weighted by Gasteiger charge is 2.32. The summed E-state index contributed by atoms with van der Waals surface area (Å²) in [4.78, 5) is 0. The fourth-order valence-corrected chi connectivity index (χ4v) is 1.12. The van der Waals surface area contributed by atoms with Crippen molar-refractivity contribution in [1.29, 1.82) is 0 Å². The molecule has 82 valence electrons. The molecule has 1 aromatic carbocycles. The highest BCUT2D eigenvalue weighted by molar-refractivity contribution is 6.32. The second-order valence-electron chi connectivity index (χ2n) is 2.73. The lowest BCUT2D eigenvalue weighted by atomic mass is 10.2. The van der Waals surface area contributed by atoms with Crippen molar-refractivity contribution in [2.45, 2.75) is 6.18 Å². The zero-order chi connectivity index (χ0) is 11.5. The number of ether oxygens (including phenoxy) is 1. The van der Waals surface area contributed by atoms with Crippen LogP contribution in [0.2, 0.25) is 0 Å². The molecule has 0 aliphatic carbocycles. The van der Waals surface area contributed by atoms with Gasteiger partial charge in [0.2, 0.25) is 0 Å². The van der Waals surface area contributed by atoms with E-state index in [1.165, 1.54) is 13.2 Å². The minimum Gasteiger partial charge on any atom is -0.496 e. The average Bonchev–Trinajstić information content (AvgIpc) is 2.17. The lowest BCUT2D eigenvalue weighted by Gasteiger charge is -2.07. The summed E-state index contributed by atoms with van der Waals surface area (Å²) in [7, 11) is 1.38. The molecule has 0 spiro atoms. The van der Waals surface area contributed by atoms with Gasteiger partial charge in [0.25, 0.3) is 0 Å². The number of hydrogen-bond acceptors (Lipinski definition) is 1. The average molecular weight is 237 g/mol. The summed E-state index contributed by atoms with van der Waals surface area (Å²) in [5.74, 6) is 0.347. The second kappa shape index (κ2) is 4.57. The van der Waals surface area contributed by atoms with Gasteiger partial charge in [-0.05, 0) is 12.1 Å². The molecule has 1 rings (SSSR count). The second-order valence-corrected chi connectivity index (χ2v) is 3.14. The van der Waals surface area contributed by atoms with E-state index in [9.17, 15) is 13.2 Å². The SMILES string of the molecule is COc1ccccc1/C=C(\Cl)C(F)(F)F. The van der Waals surface area contributed by atoms with Crippen molar-refractivity contribution >= 4 is 17.7 Å². The van der Waals surface area contributed by atoms with E-state index in [1.807, 2.05) is 0 Å². The van der Waals surface area contributed by atoms with Gasteiger partial charge < -0.3 is 4.74 Å². The quantitative estimate of drug-likeness (QED) is 0.758. The molecule has 0 aliphatic rings. The molecule has 0 saturated heterocycles. The maximum absolute atomic E-state index is 12.1. The van der Waals surface area contributed by atoms with Crippen LogP contribution in [0.3, 0.4) is 0 Å². The molecule has 0 fully saturated rings. The Labute approximate surface area is 90.1 Å². The van der Waals surface area contributed by atoms with Crippen LogP contribution in [0.4, 0.5) is 13.2 Å². The molecule has 0 saturated carbocycles. The summed E-state index contributed by atoms with van der Waals surface area (Å²) in [6.07, 6.45) is -3.69. The summed E-state index contributed by atoms with van der Waals surface area (Å²) in [5, 5.41) is -1.17. The van der Waals surface area contributed by atoms with Crippen LogP contribution in [0, 0.1) is 0 Å². The molecule has 1 aromatic rings. The van der Waals surface area contributed by atoms with Crippen molar-refractivity contribution in [3.63, 3.8) is 0 Å². The van der Waals surface area contributed by atoms with Crippen LogP contribution < -0.4 is 4.74 Å². The Balaban J connectivity index is 3.08. The van der Waals surface area contributed by atoms with Crippen LogP contribution in [-0.2, 0) is 0 Å². The Morgan fingerprint density at radius 2 is 1.93 bits per heavy atom. The summed E-state index contributed by atoms with van der Waals surface area (Å²) in [6, 6.07) is 6.33. The third kappa shape index (κ3) is 3.16.